The molecule has 1 aromatic heterocycles. The molecule has 0 saturated carbocycles. The topological polar surface area (TPSA) is 23.4 Å². The Morgan fingerprint density at radius 1 is 0.435 bits per heavy atom. The molecule has 0 spiro atoms. The van der Waals surface area contributed by atoms with E-state index in [4.69, 9.17) is 9.39 Å². The maximum absolute atomic E-state index is 6.76. The standard InChI is InChI=1S/C42H26BNO2/c1-2-10-27(11-3-1)29-20-23-36-40(25-29)45-41-26-30(24-35-34-14-6-9-17-39(34)46-43(36)42(35)41)28-18-21-31(22-19-28)44-37-15-7-4-12-32(37)33-13-5-8-16-38(33)44/h1-26H. The highest BCUT2D eigenvalue weighted by Gasteiger charge is 2.41. The lowest BCUT2D eigenvalue weighted by molar-refractivity contribution is 0.480. The zero-order chi connectivity index (χ0) is 30.2. The number of nitrogens with zero attached hydrogens (tertiary/aromatic N) is 1. The summed E-state index contributed by atoms with van der Waals surface area (Å²) in [7, 11) is 0. The molecule has 0 N–H and O–H groups in total. The molecule has 7 aromatic carbocycles. The van der Waals surface area contributed by atoms with Crippen LogP contribution in [0, 0.1) is 0 Å². The summed E-state index contributed by atoms with van der Waals surface area (Å²) in [6.45, 7) is -0.236. The van der Waals surface area contributed by atoms with E-state index in [9.17, 15) is 0 Å². The molecule has 0 aliphatic carbocycles. The van der Waals surface area contributed by atoms with Crippen LogP contribution < -0.4 is 20.3 Å². The predicted octanol–water partition coefficient (Wildman–Crippen LogP) is 9.39. The van der Waals surface area contributed by atoms with E-state index in [0.29, 0.717) is 0 Å². The van der Waals surface area contributed by atoms with E-state index in [1.807, 2.05) is 12.1 Å². The van der Waals surface area contributed by atoms with Crippen LogP contribution >= 0.6 is 0 Å². The van der Waals surface area contributed by atoms with Gasteiger partial charge in [0, 0.05) is 32.9 Å². The number of ether oxygens (including phenoxy) is 1. The number of fused-ring (bicyclic) bond motifs is 7. The lowest BCUT2D eigenvalue weighted by Gasteiger charge is -2.33. The Labute approximate surface area is 267 Å². The van der Waals surface area contributed by atoms with Gasteiger partial charge in [0.1, 0.15) is 17.2 Å². The highest BCUT2D eigenvalue weighted by molar-refractivity contribution is 6.84. The molecule has 0 bridgehead atoms. The molecule has 3 nitrogen and oxygen atoms in total. The largest absolute Gasteiger partial charge is 0.551 e. The summed E-state index contributed by atoms with van der Waals surface area (Å²) in [5.74, 6) is 2.57. The Hall–Kier alpha value is -6.00. The Balaban J connectivity index is 1.11. The molecular formula is C42H26BNO2. The van der Waals surface area contributed by atoms with E-state index >= 15 is 0 Å². The molecule has 2 aliphatic heterocycles. The number of rotatable bonds is 3. The van der Waals surface area contributed by atoms with Crippen molar-refractivity contribution in [3.05, 3.63) is 158 Å². The van der Waals surface area contributed by atoms with E-state index in [-0.39, 0.29) is 6.92 Å². The average molecular weight is 587 g/mol. The first-order valence-corrected chi connectivity index (χ1v) is 15.7. The molecule has 46 heavy (non-hydrogen) atoms. The lowest BCUT2D eigenvalue weighted by Crippen LogP contribution is -2.53. The van der Waals surface area contributed by atoms with Gasteiger partial charge in [0.05, 0.1) is 11.0 Å². The molecule has 4 heteroatoms. The van der Waals surface area contributed by atoms with Crippen molar-refractivity contribution in [1.29, 1.82) is 0 Å². The van der Waals surface area contributed by atoms with Crippen molar-refractivity contribution in [2.24, 2.45) is 0 Å². The second kappa shape index (κ2) is 9.75. The van der Waals surface area contributed by atoms with Gasteiger partial charge in [0.25, 0.3) is 0 Å². The van der Waals surface area contributed by atoms with Crippen LogP contribution in [0.15, 0.2) is 158 Å². The van der Waals surface area contributed by atoms with Crippen molar-refractivity contribution < 1.29 is 9.39 Å². The summed E-state index contributed by atoms with van der Waals surface area (Å²) in [5, 5.41) is 2.53. The fourth-order valence-corrected chi connectivity index (χ4v) is 7.34. The number of hydrogen-bond acceptors (Lipinski definition) is 2. The Kier molecular flexibility index (Phi) is 5.37. The first kappa shape index (κ1) is 25.3. The van der Waals surface area contributed by atoms with Crippen LogP contribution in [0.25, 0.3) is 60.9 Å². The van der Waals surface area contributed by atoms with Crippen LogP contribution in [-0.4, -0.2) is 11.5 Å². The second-order valence-corrected chi connectivity index (χ2v) is 12.1. The zero-order valence-electron chi connectivity index (χ0n) is 24.9. The zero-order valence-corrected chi connectivity index (χ0v) is 24.9. The molecule has 2 aliphatic rings. The van der Waals surface area contributed by atoms with Gasteiger partial charge in [-0.3, -0.25) is 0 Å². The third kappa shape index (κ3) is 3.74. The Morgan fingerprint density at radius 3 is 1.85 bits per heavy atom. The smallest absolute Gasteiger partial charge is 0.434 e. The molecule has 0 unspecified atom stereocenters. The third-order valence-electron chi connectivity index (χ3n) is 9.49. The molecule has 8 aromatic rings. The van der Waals surface area contributed by atoms with Crippen LogP contribution in [-0.2, 0) is 0 Å². The van der Waals surface area contributed by atoms with Crippen molar-refractivity contribution in [1.82, 2.24) is 4.57 Å². The van der Waals surface area contributed by atoms with Gasteiger partial charge in [-0.25, -0.2) is 0 Å². The maximum Gasteiger partial charge on any atom is 0.434 e. The molecule has 0 saturated heterocycles. The Morgan fingerprint density at radius 2 is 1.07 bits per heavy atom. The lowest BCUT2D eigenvalue weighted by atomic mass is 9.50. The number of para-hydroxylation sites is 3. The van der Waals surface area contributed by atoms with Crippen LogP contribution in [0.2, 0.25) is 0 Å². The summed E-state index contributed by atoms with van der Waals surface area (Å²) < 4.78 is 15.8. The van der Waals surface area contributed by atoms with Gasteiger partial charge in [-0.1, -0.05) is 109 Å². The van der Waals surface area contributed by atoms with Gasteiger partial charge in [0.15, 0.2) is 0 Å². The van der Waals surface area contributed by atoms with Gasteiger partial charge in [0.2, 0.25) is 0 Å². The molecule has 0 radical (unpaired) electrons. The van der Waals surface area contributed by atoms with Crippen molar-refractivity contribution in [3.8, 4) is 56.3 Å². The monoisotopic (exact) mass is 587 g/mol. The van der Waals surface area contributed by atoms with E-state index in [2.05, 4.69) is 150 Å². The highest BCUT2D eigenvalue weighted by atomic mass is 16.5. The first-order valence-electron chi connectivity index (χ1n) is 15.7. The van der Waals surface area contributed by atoms with Crippen molar-refractivity contribution in [2.45, 2.75) is 0 Å². The minimum atomic E-state index is -0.236. The van der Waals surface area contributed by atoms with Crippen LogP contribution in [0.4, 0.5) is 0 Å². The number of aromatic nitrogens is 1. The highest BCUT2D eigenvalue weighted by Crippen LogP contribution is 2.42. The summed E-state index contributed by atoms with van der Waals surface area (Å²) in [5.41, 5.74) is 12.5. The second-order valence-electron chi connectivity index (χ2n) is 12.1. The third-order valence-corrected chi connectivity index (χ3v) is 9.49. The fourth-order valence-electron chi connectivity index (χ4n) is 7.34. The van der Waals surface area contributed by atoms with Crippen LogP contribution in [0.3, 0.4) is 0 Å². The molecule has 3 heterocycles. The Bertz CT molecular complexity index is 2430. The number of benzene rings is 7. The van der Waals surface area contributed by atoms with Crippen molar-refractivity contribution in [3.63, 3.8) is 0 Å². The first-order chi connectivity index (χ1) is 22.8. The van der Waals surface area contributed by atoms with E-state index in [1.165, 1.54) is 21.8 Å². The molecule has 0 atom stereocenters. The average Bonchev–Trinajstić information content (AvgIpc) is 3.46. The normalized spacial score (nSPS) is 12.7. The maximum atomic E-state index is 6.76. The van der Waals surface area contributed by atoms with Gasteiger partial charge in [-0.2, -0.15) is 0 Å². The van der Waals surface area contributed by atoms with Crippen LogP contribution in [0.1, 0.15) is 0 Å². The molecule has 10 rings (SSSR count). The van der Waals surface area contributed by atoms with Crippen LogP contribution in [0.5, 0.6) is 17.2 Å². The summed E-state index contributed by atoms with van der Waals surface area (Å²) in [4.78, 5) is 0. The van der Waals surface area contributed by atoms with Gasteiger partial charge < -0.3 is 14.0 Å². The number of hydrogen-bond donors (Lipinski definition) is 0. The van der Waals surface area contributed by atoms with Crippen molar-refractivity contribution in [2.75, 3.05) is 0 Å². The fraction of sp³-hybridized carbons (Fsp3) is 0. The molecule has 214 valence electrons. The van der Waals surface area contributed by atoms with E-state index in [1.54, 1.807) is 0 Å². The molecular weight excluding hydrogens is 561 g/mol. The quantitative estimate of drug-likeness (QED) is 0.192. The van der Waals surface area contributed by atoms with Gasteiger partial charge >= 0.3 is 6.92 Å². The predicted molar refractivity (Wildman–Crippen MR) is 189 cm³/mol. The summed E-state index contributed by atoms with van der Waals surface area (Å²) in [6, 6.07) is 55.9. The van der Waals surface area contributed by atoms with E-state index < -0.39 is 0 Å². The minimum Gasteiger partial charge on any atom is -0.551 e. The minimum absolute atomic E-state index is 0.236. The van der Waals surface area contributed by atoms with Gasteiger partial charge in [-0.15, -0.1) is 0 Å². The summed E-state index contributed by atoms with van der Waals surface area (Å²) >= 11 is 0. The van der Waals surface area contributed by atoms with Crippen molar-refractivity contribution >= 4 is 39.6 Å². The van der Waals surface area contributed by atoms with Gasteiger partial charge in [-0.05, 0) is 76.3 Å². The molecule has 0 fully saturated rings. The molecule has 0 amide bonds. The summed E-state index contributed by atoms with van der Waals surface area (Å²) in [6.07, 6.45) is 0. The SMILES string of the molecule is c1ccc(-c2ccc3c(c2)Oc2cc(-c4ccc(-n5c6ccccc6c6ccccc65)cc4)cc4c2B3Oc2ccccc2-4)cc1. The van der Waals surface area contributed by atoms with E-state index in [0.717, 1.165) is 67.2 Å².